The van der Waals surface area contributed by atoms with Crippen LogP contribution in [0, 0.1) is 6.92 Å². The first-order valence-corrected chi connectivity index (χ1v) is 6.93. The Morgan fingerprint density at radius 3 is 2.41 bits per heavy atom. The highest BCUT2D eigenvalue weighted by Gasteiger charge is 2.19. The number of hydrogen-bond donors (Lipinski definition) is 0. The third-order valence-electron chi connectivity index (χ3n) is 3.90. The molecule has 4 rings (SSSR count). The van der Waals surface area contributed by atoms with Crippen molar-refractivity contribution in [1.82, 2.24) is 10.2 Å². The summed E-state index contributed by atoms with van der Waals surface area (Å²) in [4.78, 5) is 0. The molecule has 4 aromatic rings. The van der Waals surface area contributed by atoms with E-state index in [4.69, 9.17) is 13.9 Å². The van der Waals surface area contributed by atoms with Gasteiger partial charge in [0.25, 0.3) is 0 Å². The van der Waals surface area contributed by atoms with Gasteiger partial charge < -0.3 is 13.9 Å². The lowest BCUT2D eigenvalue weighted by Gasteiger charge is -2.09. The molecule has 0 aliphatic carbocycles. The fourth-order valence-corrected chi connectivity index (χ4v) is 2.94. The standard InChI is InChI=1S/C17H14N2O3/c1-9-8-11-14(17(21-3)19-18-16(11)20-2)13-10-6-4-5-7-12(10)22-15(9)13/h4-8H,1-3H3. The Labute approximate surface area is 126 Å². The van der Waals surface area contributed by atoms with Crippen molar-refractivity contribution in [3.63, 3.8) is 0 Å². The highest BCUT2D eigenvalue weighted by molar-refractivity contribution is 6.21. The van der Waals surface area contributed by atoms with Gasteiger partial charge in [0.2, 0.25) is 11.8 Å². The van der Waals surface area contributed by atoms with Crippen LogP contribution in [0.25, 0.3) is 32.7 Å². The average Bonchev–Trinajstić information content (AvgIpc) is 2.94. The minimum Gasteiger partial charge on any atom is -0.479 e. The van der Waals surface area contributed by atoms with Crippen LogP contribution in [0.3, 0.4) is 0 Å². The van der Waals surface area contributed by atoms with Gasteiger partial charge in [-0.15, -0.1) is 10.2 Å². The van der Waals surface area contributed by atoms with Crippen molar-refractivity contribution in [2.24, 2.45) is 0 Å². The van der Waals surface area contributed by atoms with Crippen molar-refractivity contribution in [2.75, 3.05) is 14.2 Å². The Hall–Kier alpha value is -2.82. The molecule has 0 saturated heterocycles. The van der Waals surface area contributed by atoms with E-state index < -0.39 is 0 Å². The van der Waals surface area contributed by atoms with Gasteiger partial charge in [0.1, 0.15) is 11.2 Å². The van der Waals surface area contributed by atoms with Crippen LogP contribution in [0.2, 0.25) is 0 Å². The van der Waals surface area contributed by atoms with E-state index in [0.29, 0.717) is 11.8 Å². The van der Waals surface area contributed by atoms with Gasteiger partial charge in [0, 0.05) is 10.8 Å². The number of hydrogen-bond acceptors (Lipinski definition) is 5. The van der Waals surface area contributed by atoms with Crippen molar-refractivity contribution in [3.8, 4) is 11.8 Å². The van der Waals surface area contributed by atoms with Crippen LogP contribution in [0.15, 0.2) is 34.7 Å². The first-order chi connectivity index (χ1) is 10.7. The Kier molecular flexibility index (Phi) is 2.69. The second-order valence-electron chi connectivity index (χ2n) is 5.14. The summed E-state index contributed by atoms with van der Waals surface area (Å²) in [6, 6.07) is 9.94. The number of rotatable bonds is 2. The molecule has 2 heterocycles. The van der Waals surface area contributed by atoms with Crippen molar-refractivity contribution >= 4 is 32.7 Å². The van der Waals surface area contributed by atoms with Crippen molar-refractivity contribution in [3.05, 3.63) is 35.9 Å². The first-order valence-electron chi connectivity index (χ1n) is 6.93. The molecule has 0 bridgehead atoms. The minimum absolute atomic E-state index is 0.465. The van der Waals surface area contributed by atoms with E-state index in [1.807, 2.05) is 37.3 Å². The van der Waals surface area contributed by atoms with E-state index in [1.54, 1.807) is 14.2 Å². The molecule has 5 nitrogen and oxygen atoms in total. The Morgan fingerprint density at radius 1 is 0.909 bits per heavy atom. The maximum Gasteiger partial charge on any atom is 0.242 e. The number of para-hydroxylation sites is 1. The van der Waals surface area contributed by atoms with E-state index in [1.165, 1.54) is 0 Å². The summed E-state index contributed by atoms with van der Waals surface area (Å²) in [7, 11) is 3.17. The number of ether oxygens (including phenoxy) is 2. The van der Waals surface area contributed by atoms with Crippen LogP contribution in [0.1, 0.15) is 5.56 Å². The van der Waals surface area contributed by atoms with Crippen LogP contribution in [-0.4, -0.2) is 24.4 Å². The summed E-state index contributed by atoms with van der Waals surface area (Å²) in [5.74, 6) is 0.943. The zero-order valence-corrected chi connectivity index (χ0v) is 12.5. The fraction of sp³-hybridized carbons (Fsp3) is 0.176. The number of aromatic nitrogens is 2. The minimum atomic E-state index is 0.465. The molecule has 0 amide bonds. The predicted molar refractivity (Wildman–Crippen MR) is 84.7 cm³/mol. The second kappa shape index (κ2) is 4.59. The summed E-state index contributed by atoms with van der Waals surface area (Å²) in [6.07, 6.45) is 0. The Balaban J connectivity index is 2.36. The maximum absolute atomic E-state index is 6.02. The molecule has 0 atom stereocenters. The van der Waals surface area contributed by atoms with Gasteiger partial charge in [-0.05, 0) is 24.6 Å². The average molecular weight is 294 g/mol. The van der Waals surface area contributed by atoms with Crippen molar-refractivity contribution in [1.29, 1.82) is 0 Å². The van der Waals surface area contributed by atoms with Gasteiger partial charge in [0.15, 0.2) is 0 Å². The molecular formula is C17H14N2O3. The zero-order valence-electron chi connectivity index (χ0n) is 12.5. The molecule has 110 valence electrons. The number of furan rings is 1. The molecule has 0 unspecified atom stereocenters. The third kappa shape index (κ3) is 1.59. The van der Waals surface area contributed by atoms with E-state index in [9.17, 15) is 0 Å². The summed E-state index contributed by atoms with van der Waals surface area (Å²) in [6.45, 7) is 2.01. The summed E-state index contributed by atoms with van der Waals surface area (Å²) in [5.41, 5.74) is 2.69. The Bertz CT molecular complexity index is 1020. The van der Waals surface area contributed by atoms with E-state index in [2.05, 4.69) is 10.2 Å². The Morgan fingerprint density at radius 2 is 1.64 bits per heavy atom. The van der Waals surface area contributed by atoms with Gasteiger partial charge in [-0.1, -0.05) is 18.2 Å². The molecule has 0 N–H and O–H groups in total. The monoisotopic (exact) mass is 294 g/mol. The first kappa shape index (κ1) is 12.9. The fourth-order valence-electron chi connectivity index (χ4n) is 2.94. The maximum atomic E-state index is 6.02. The van der Waals surface area contributed by atoms with Gasteiger partial charge in [0.05, 0.1) is 25.0 Å². The van der Waals surface area contributed by atoms with Gasteiger partial charge in [-0.25, -0.2) is 0 Å². The van der Waals surface area contributed by atoms with E-state index in [-0.39, 0.29) is 0 Å². The quantitative estimate of drug-likeness (QED) is 0.562. The smallest absolute Gasteiger partial charge is 0.242 e. The lowest BCUT2D eigenvalue weighted by Crippen LogP contribution is -1.97. The number of aryl methyl sites for hydroxylation is 1. The largest absolute Gasteiger partial charge is 0.479 e. The zero-order chi connectivity index (χ0) is 15.3. The SMILES string of the molecule is COc1nnc(OC)c2c1cc(C)c1oc3ccccc3c12. The molecule has 0 fully saturated rings. The van der Waals surface area contributed by atoms with Crippen LogP contribution < -0.4 is 9.47 Å². The van der Waals surface area contributed by atoms with Crippen molar-refractivity contribution < 1.29 is 13.9 Å². The predicted octanol–water partition coefficient (Wildman–Crippen LogP) is 3.85. The molecular weight excluding hydrogens is 280 g/mol. The van der Waals surface area contributed by atoms with E-state index >= 15 is 0 Å². The molecule has 0 aliphatic heterocycles. The second-order valence-corrected chi connectivity index (χ2v) is 5.14. The molecule has 0 spiro atoms. The topological polar surface area (TPSA) is 57.4 Å². The number of benzene rings is 2. The molecule has 0 aliphatic rings. The normalized spacial score (nSPS) is 11.4. The van der Waals surface area contributed by atoms with Gasteiger partial charge in [-0.2, -0.15) is 0 Å². The number of methoxy groups -OCH3 is 2. The molecule has 22 heavy (non-hydrogen) atoms. The highest BCUT2D eigenvalue weighted by atomic mass is 16.5. The van der Waals surface area contributed by atoms with Crippen molar-refractivity contribution in [2.45, 2.75) is 6.92 Å². The highest BCUT2D eigenvalue weighted by Crippen LogP contribution is 2.41. The molecule has 5 heteroatoms. The van der Waals surface area contributed by atoms with Gasteiger partial charge in [-0.3, -0.25) is 0 Å². The van der Waals surface area contributed by atoms with Crippen LogP contribution in [0.5, 0.6) is 11.8 Å². The molecule has 2 aromatic carbocycles. The third-order valence-corrected chi connectivity index (χ3v) is 3.90. The van der Waals surface area contributed by atoms with Crippen LogP contribution in [0.4, 0.5) is 0 Å². The van der Waals surface area contributed by atoms with Gasteiger partial charge >= 0.3 is 0 Å². The molecule has 0 radical (unpaired) electrons. The van der Waals surface area contributed by atoms with Crippen LogP contribution >= 0.6 is 0 Å². The molecule has 0 saturated carbocycles. The summed E-state index contributed by atoms with van der Waals surface area (Å²) < 4.78 is 16.8. The summed E-state index contributed by atoms with van der Waals surface area (Å²) in [5, 5.41) is 11.9. The summed E-state index contributed by atoms with van der Waals surface area (Å²) >= 11 is 0. The lowest BCUT2D eigenvalue weighted by molar-refractivity contribution is 0.376. The number of nitrogens with zero attached hydrogens (tertiary/aromatic N) is 2. The number of fused-ring (bicyclic) bond motifs is 5. The lowest BCUT2D eigenvalue weighted by atomic mass is 10.0. The van der Waals surface area contributed by atoms with E-state index in [0.717, 1.165) is 38.3 Å². The molecule has 2 aromatic heterocycles. The van der Waals surface area contributed by atoms with Crippen LogP contribution in [-0.2, 0) is 0 Å².